The Hall–Kier alpha value is -3.28. The molecule has 1 aromatic heterocycles. The average Bonchev–Trinajstić information content (AvgIpc) is 2.56. The Labute approximate surface area is 126 Å². The monoisotopic (exact) mass is 292 g/mol. The Kier molecular flexibility index (Phi) is 3.74. The number of phenolic OH excluding ortho intramolecular Hbond substituents is 2. The van der Waals surface area contributed by atoms with Crippen molar-refractivity contribution in [3.63, 3.8) is 0 Å². The Morgan fingerprint density at radius 3 is 2.23 bits per heavy atom. The highest BCUT2D eigenvalue weighted by Gasteiger charge is 2.15. The number of benzene rings is 2. The lowest BCUT2D eigenvalue weighted by Gasteiger charge is -2.06. The van der Waals surface area contributed by atoms with Crippen molar-refractivity contribution in [2.45, 2.75) is 0 Å². The lowest BCUT2D eigenvalue weighted by molar-refractivity contribution is 0.453. The van der Waals surface area contributed by atoms with Crippen LogP contribution in [0.3, 0.4) is 0 Å². The molecule has 108 valence electrons. The largest absolute Gasteiger partial charge is 0.505 e. The van der Waals surface area contributed by atoms with Gasteiger partial charge >= 0.3 is 0 Å². The van der Waals surface area contributed by atoms with Crippen LogP contribution in [0.15, 0.2) is 71.2 Å². The van der Waals surface area contributed by atoms with Gasteiger partial charge in [0.25, 0.3) is 0 Å². The minimum Gasteiger partial charge on any atom is -0.505 e. The molecule has 3 rings (SSSR count). The van der Waals surface area contributed by atoms with Crippen LogP contribution in [0.1, 0.15) is 0 Å². The van der Waals surface area contributed by atoms with Crippen LogP contribution in [-0.2, 0) is 0 Å². The molecule has 0 spiro atoms. The average molecular weight is 292 g/mol. The number of phenols is 2. The molecule has 6 heteroatoms. The van der Waals surface area contributed by atoms with E-state index in [0.29, 0.717) is 17.1 Å². The van der Waals surface area contributed by atoms with E-state index in [1.807, 2.05) is 18.2 Å². The van der Waals surface area contributed by atoms with E-state index < -0.39 is 0 Å². The third-order valence-electron chi connectivity index (χ3n) is 2.96. The molecule has 22 heavy (non-hydrogen) atoms. The van der Waals surface area contributed by atoms with Gasteiger partial charge in [-0.15, -0.1) is 5.11 Å². The summed E-state index contributed by atoms with van der Waals surface area (Å²) in [7, 11) is 0. The first-order valence-corrected chi connectivity index (χ1v) is 6.55. The number of aromatic nitrogens is 2. The van der Waals surface area contributed by atoms with Crippen molar-refractivity contribution in [2.24, 2.45) is 10.2 Å². The minimum atomic E-state index is -0.217. The fraction of sp³-hybridized carbons (Fsp3) is 0. The van der Waals surface area contributed by atoms with Gasteiger partial charge in [0, 0.05) is 12.4 Å². The van der Waals surface area contributed by atoms with Crippen molar-refractivity contribution in [3.05, 3.63) is 60.9 Å². The number of hydrogen-bond acceptors (Lipinski definition) is 6. The van der Waals surface area contributed by atoms with Crippen LogP contribution < -0.4 is 0 Å². The number of azo groups is 1. The summed E-state index contributed by atoms with van der Waals surface area (Å²) in [5.41, 5.74) is 0.969. The summed E-state index contributed by atoms with van der Waals surface area (Å²) in [6.45, 7) is 0. The van der Waals surface area contributed by atoms with Gasteiger partial charge in [0.15, 0.2) is 17.3 Å². The van der Waals surface area contributed by atoms with Crippen molar-refractivity contribution in [2.75, 3.05) is 0 Å². The summed E-state index contributed by atoms with van der Waals surface area (Å²) >= 11 is 0. The lowest BCUT2D eigenvalue weighted by Crippen LogP contribution is -1.87. The Balaban J connectivity index is 2.03. The molecule has 6 nitrogen and oxygen atoms in total. The summed E-state index contributed by atoms with van der Waals surface area (Å²) in [6, 6.07) is 13.7. The number of rotatable bonds is 3. The number of hydrogen-bond donors (Lipinski definition) is 2. The van der Waals surface area contributed by atoms with E-state index >= 15 is 0 Å². The van der Waals surface area contributed by atoms with Gasteiger partial charge in [0.2, 0.25) is 0 Å². The second-order valence-corrected chi connectivity index (χ2v) is 4.44. The molecule has 0 saturated carbocycles. The molecule has 2 N–H and O–H groups in total. The second kappa shape index (κ2) is 6.01. The van der Waals surface area contributed by atoms with Gasteiger partial charge in [-0.05, 0) is 30.3 Å². The number of nitrogens with zero attached hydrogens (tertiary/aromatic N) is 4. The zero-order chi connectivity index (χ0) is 15.4. The maximum atomic E-state index is 10.3. The van der Waals surface area contributed by atoms with E-state index in [1.165, 1.54) is 12.1 Å². The highest BCUT2D eigenvalue weighted by Crippen LogP contribution is 2.42. The molecule has 0 saturated heterocycles. The van der Waals surface area contributed by atoms with Crippen molar-refractivity contribution in [3.8, 4) is 22.9 Å². The lowest BCUT2D eigenvalue weighted by atomic mass is 10.1. The molecule has 0 aliphatic carbocycles. The predicted octanol–water partition coefficient (Wildman–Crippen LogP) is 3.97. The highest BCUT2D eigenvalue weighted by molar-refractivity contribution is 5.76. The normalized spacial score (nSPS) is 10.9. The third kappa shape index (κ3) is 2.76. The molecule has 0 radical (unpaired) electrons. The smallest absolute Gasteiger partial charge is 0.170 e. The molecule has 0 atom stereocenters. The Morgan fingerprint density at radius 2 is 1.50 bits per heavy atom. The molecule has 0 unspecified atom stereocenters. The minimum absolute atomic E-state index is 0.0196. The fourth-order valence-electron chi connectivity index (χ4n) is 1.89. The maximum absolute atomic E-state index is 10.3. The Morgan fingerprint density at radius 1 is 0.773 bits per heavy atom. The predicted molar refractivity (Wildman–Crippen MR) is 81.4 cm³/mol. The van der Waals surface area contributed by atoms with Crippen molar-refractivity contribution < 1.29 is 10.2 Å². The summed E-state index contributed by atoms with van der Waals surface area (Å²) in [4.78, 5) is 8.15. The molecule has 0 aliphatic rings. The summed E-state index contributed by atoms with van der Waals surface area (Å²) in [5, 5.41) is 28.1. The number of aromatic hydroxyl groups is 2. The van der Waals surface area contributed by atoms with Crippen LogP contribution in [0.25, 0.3) is 11.4 Å². The molecular weight excluding hydrogens is 280 g/mol. The van der Waals surface area contributed by atoms with Gasteiger partial charge in [-0.3, -0.25) is 0 Å². The molecule has 1 heterocycles. The molecule has 3 aromatic rings. The Bertz CT molecular complexity index is 805. The van der Waals surface area contributed by atoms with Crippen LogP contribution >= 0.6 is 0 Å². The van der Waals surface area contributed by atoms with Gasteiger partial charge in [0.1, 0.15) is 5.75 Å². The van der Waals surface area contributed by atoms with E-state index in [2.05, 4.69) is 20.2 Å². The summed E-state index contributed by atoms with van der Waals surface area (Å²) in [5.74, 6) is -0.0427. The molecule has 0 fully saturated rings. The van der Waals surface area contributed by atoms with Crippen LogP contribution in [0, 0.1) is 0 Å². The van der Waals surface area contributed by atoms with Crippen molar-refractivity contribution in [1.29, 1.82) is 0 Å². The molecule has 0 aliphatic heterocycles. The molecule has 2 aromatic carbocycles. The summed E-state index contributed by atoms with van der Waals surface area (Å²) in [6.07, 6.45) is 3.14. The quantitative estimate of drug-likeness (QED) is 0.714. The fourth-order valence-corrected chi connectivity index (χ4v) is 1.89. The van der Waals surface area contributed by atoms with Gasteiger partial charge in [-0.1, -0.05) is 18.2 Å². The van der Waals surface area contributed by atoms with Crippen LogP contribution in [0.2, 0.25) is 0 Å². The first-order valence-electron chi connectivity index (χ1n) is 6.55. The van der Waals surface area contributed by atoms with Gasteiger partial charge < -0.3 is 10.2 Å². The second-order valence-electron chi connectivity index (χ2n) is 4.44. The van der Waals surface area contributed by atoms with Gasteiger partial charge in [0.05, 0.1) is 11.3 Å². The highest BCUT2D eigenvalue weighted by atomic mass is 16.3. The third-order valence-corrected chi connectivity index (χ3v) is 2.96. The van der Waals surface area contributed by atoms with Crippen molar-refractivity contribution >= 4 is 11.4 Å². The topological polar surface area (TPSA) is 91.0 Å². The van der Waals surface area contributed by atoms with Crippen LogP contribution in [0.4, 0.5) is 11.4 Å². The standard InChI is InChI=1S/C16H12N4O2/c21-13-8-7-12(16-17-9-4-10-18-16)15(22)14(13)20-19-11-5-2-1-3-6-11/h1-10,21-22H. The van der Waals surface area contributed by atoms with E-state index in [9.17, 15) is 10.2 Å². The first-order chi connectivity index (χ1) is 10.8. The summed E-state index contributed by atoms with van der Waals surface area (Å²) < 4.78 is 0. The molecule has 0 amide bonds. The zero-order valence-electron chi connectivity index (χ0n) is 11.5. The van der Waals surface area contributed by atoms with E-state index in [1.54, 1.807) is 30.6 Å². The van der Waals surface area contributed by atoms with Crippen LogP contribution in [0.5, 0.6) is 11.5 Å². The molecule has 0 bridgehead atoms. The van der Waals surface area contributed by atoms with Gasteiger partial charge in [-0.25, -0.2) is 9.97 Å². The van der Waals surface area contributed by atoms with E-state index in [-0.39, 0.29) is 17.2 Å². The van der Waals surface area contributed by atoms with Gasteiger partial charge in [-0.2, -0.15) is 5.11 Å². The molecular formula is C16H12N4O2. The SMILES string of the molecule is Oc1ccc(-c2ncccn2)c(O)c1N=Nc1ccccc1. The van der Waals surface area contributed by atoms with E-state index in [4.69, 9.17) is 0 Å². The first kappa shape index (κ1) is 13.7. The zero-order valence-corrected chi connectivity index (χ0v) is 11.5. The van der Waals surface area contributed by atoms with E-state index in [0.717, 1.165) is 0 Å². The maximum Gasteiger partial charge on any atom is 0.170 e. The van der Waals surface area contributed by atoms with Crippen LogP contribution in [-0.4, -0.2) is 20.2 Å². The van der Waals surface area contributed by atoms with Crippen molar-refractivity contribution in [1.82, 2.24) is 9.97 Å².